The van der Waals surface area contributed by atoms with Crippen LogP contribution >= 0.6 is 35.3 Å². The van der Waals surface area contributed by atoms with Crippen molar-refractivity contribution in [1.82, 2.24) is 15.6 Å². The second-order valence-electron chi connectivity index (χ2n) is 5.48. The Hall–Kier alpha value is -1.22. The minimum Gasteiger partial charge on any atom is -0.356 e. The number of thiazole rings is 1. The number of aryl methyl sites for hydroxylation is 2. The fraction of sp³-hybridized carbons (Fsp3) is 0.444. The molecular weight excluding hydrogens is 450 g/mol. The normalized spacial score (nSPS) is 11.1. The SMILES string of the molecule is CCc1cnc(CCNC(=NC)NCCCc2cccc(F)c2)s1.I. The molecule has 1 aromatic carbocycles. The highest BCUT2D eigenvalue weighted by Gasteiger charge is 2.02. The van der Waals surface area contributed by atoms with Gasteiger partial charge in [-0.3, -0.25) is 4.99 Å². The summed E-state index contributed by atoms with van der Waals surface area (Å²) < 4.78 is 13.1. The van der Waals surface area contributed by atoms with E-state index >= 15 is 0 Å². The van der Waals surface area contributed by atoms with E-state index in [1.54, 1.807) is 30.5 Å². The van der Waals surface area contributed by atoms with Crippen LogP contribution in [0.2, 0.25) is 0 Å². The minimum absolute atomic E-state index is 0. The van der Waals surface area contributed by atoms with E-state index in [0.717, 1.165) is 55.3 Å². The molecule has 25 heavy (non-hydrogen) atoms. The maximum absolute atomic E-state index is 13.1. The Morgan fingerprint density at radius 1 is 1.24 bits per heavy atom. The summed E-state index contributed by atoms with van der Waals surface area (Å²) in [5, 5.41) is 7.74. The average molecular weight is 476 g/mol. The largest absolute Gasteiger partial charge is 0.356 e. The molecule has 138 valence electrons. The number of nitrogens with zero attached hydrogens (tertiary/aromatic N) is 2. The van der Waals surface area contributed by atoms with Crippen LogP contribution in [0.1, 0.15) is 28.8 Å². The molecule has 0 aliphatic rings. The molecule has 2 rings (SSSR count). The molecule has 0 saturated carbocycles. The van der Waals surface area contributed by atoms with Crippen molar-refractivity contribution in [2.75, 3.05) is 20.1 Å². The molecule has 2 aromatic rings. The van der Waals surface area contributed by atoms with E-state index in [1.165, 1.54) is 10.9 Å². The van der Waals surface area contributed by atoms with Gasteiger partial charge in [0.1, 0.15) is 5.82 Å². The summed E-state index contributed by atoms with van der Waals surface area (Å²) in [5.74, 6) is 0.618. The number of guanidine groups is 1. The molecule has 1 heterocycles. The van der Waals surface area contributed by atoms with E-state index in [4.69, 9.17) is 0 Å². The first kappa shape index (κ1) is 21.8. The van der Waals surface area contributed by atoms with Gasteiger partial charge in [0.2, 0.25) is 0 Å². The zero-order chi connectivity index (χ0) is 17.2. The summed E-state index contributed by atoms with van der Waals surface area (Å²) in [5.41, 5.74) is 1.02. The number of hydrogen-bond donors (Lipinski definition) is 2. The van der Waals surface area contributed by atoms with Crippen LogP contribution in [0.4, 0.5) is 4.39 Å². The van der Waals surface area contributed by atoms with Crippen molar-refractivity contribution in [2.45, 2.75) is 32.6 Å². The molecule has 0 atom stereocenters. The number of benzene rings is 1. The lowest BCUT2D eigenvalue weighted by atomic mass is 10.1. The monoisotopic (exact) mass is 476 g/mol. The number of nitrogens with one attached hydrogen (secondary N) is 2. The molecule has 2 N–H and O–H groups in total. The van der Waals surface area contributed by atoms with Crippen LogP contribution in [-0.2, 0) is 19.3 Å². The topological polar surface area (TPSA) is 49.3 Å². The van der Waals surface area contributed by atoms with Gasteiger partial charge in [0.05, 0.1) is 5.01 Å². The van der Waals surface area contributed by atoms with Gasteiger partial charge >= 0.3 is 0 Å². The Labute approximate surface area is 170 Å². The highest BCUT2D eigenvalue weighted by atomic mass is 127. The minimum atomic E-state index is -0.175. The highest BCUT2D eigenvalue weighted by Crippen LogP contribution is 2.13. The van der Waals surface area contributed by atoms with Gasteiger partial charge in [0, 0.05) is 37.6 Å². The summed E-state index contributed by atoms with van der Waals surface area (Å²) in [4.78, 5) is 9.95. The second-order valence-corrected chi connectivity index (χ2v) is 6.68. The summed E-state index contributed by atoms with van der Waals surface area (Å²) in [6.45, 7) is 3.75. The molecule has 7 heteroatoms. The standard InChI is InChI=1S/C18H25FN4S.HI/c1-3-16-13-23-17(24-16)9-11-22-18(20-2)21-10-5-7-14-6-4-8-15(19)12-14;/h4,6,8,12-13H,3,5,7,9-11H2,1-2H3,(H2,20,21,22);1H. The molecule has 0 bridgehead atoms. The Bertz CT molecular complexity index is 660. The molecule has 0 radical (unpaired) electrons. The smallest absolute Gasteiger partial charge is 0.190 e. The Morgan fingerprint density at radius 3 is 2.72 bits per heavy atom. The zero-order valence-corrected chi connectivity index (χ0v) is 17.9. The van der Waals surface area contributed by atoms with Gasteiger partial charge in [-0.05, 0) is 37.0 Å². The Morgan fingerprint density at radius 2 is 2.04 bits per heavy atom. The Balaban J connectivity index is 0.00000312. The molecule has 0 aliphatic carbocycles. The fourth-order valence-corrected chi connectivity index (χ4v) is 3.19. The van der Waals surface area contributed by atoms with Gasteiger partial charge in [-0.2, -0.15) is 0 Å². The molecule has 0 aliphatic heterocycles. The second kappa shape index (κ2) is 12.2. The van der Waals surface area contributed by atoms with Crippen LogP contribution in [0.25, 0.3) is 0 Å². The first-order chi connectivity index (χ1) is 11.7. The van der Waals surface area contributed by atoms with Crippen LogP contribution in [0.3, 0.4) is 0 Å². The third-order valence-corrected chi connectivity index (χ3v) is 4.83. The van der Waals surface area contributed by atoms with E-state index in [0.29, 0.717) is 0 Å². The summed E-state index contributed by atoms with van der Waals surface area (Å²) in [7, 11) is 1.76. The molecule has 0 amide bonds. The molecule has 0 saturated heterocycles. The predicted octanol–water partition coefficient (Wildman–Crippen LogP) is 3.80. The van der Waals surface area contributed by atoms with Crippen molar-refractivity contribution in [2.24, 2.45) is 4.99 Å². The zero-order valence-electron chi connectivity index (χ0n) is 14.7. The fourth-order valence-electron chi connectivity index (χ4n) is 2.33. The van der Waals surface area contributed by atoms with Gasteiger partial charge in [0.25, 0.3) is 0 Å². The number of aliphatic imine (C=N–C) groups is 1. The highest BCUT2D eigenvalue weighted by molar-refractivity contribution is 14.0. The lowest BCUT2D eigenvalue weighted by Crippen LogP contribution is -2.38. The summed E-state index contributed by atoms with van der Waals surface area (Å²) >= 11 is 1.77. The van der Waals surface area contributed by atoms with Crippen molar-refractivity contribution in [3.63, 3.8) is 0 Å². The number of halogens is 2. The van der Waals surface area contributed by atoms with E-state index in [-0.39, 0.29) is 29.8 Å². The van der Waals surface area contributed by atoms with Crippen LogP contribution in [0, 0.1) is 5.82 Å². The average Bonchev–Trinajstić information content (AvgIpc) is 3.05. The lowest BCUT2D eigenvalue weighted by Gasteiger charge is -2.11. The number of rotatable bonds is 8. The van der Waals surface area contributed by atoms with Crippen molar-refractivity contribution >= 4 is 41.3 Å². The van der Waals surface area contributed by atoms with E-state index in [1.807, 2.05) is 12.3 Å². The molecule has 0 fully saturated rings. The molecule has 0 spiro atoms. The first-order valence-electron chi connectivity index (χ1n) is 8.33. The third kappa shape index (κ3) is 8.13. The lowest BCUT2D eigenvalue weighted by molar-refractivity contribution is 0.624. The van der Waals surface area contributed by atoms with Crippen molar-refractivity contribution in [3.8, 4) is 0 Å². The third-order valence-electron chi connectivity index (χ3n) is 3.63. The van der Waals surface area contributed by atoms with Gasteiger partial charge in [-0.15, -0.1) is 35.3 Å². The Kier molecular flexibility index (Phi) is 10.6. The summed E-state index contributed by atoms with van der Waals surface area (Å²) in [6.07, 6.45) is 5.67. The quantitative estimate of drug-likeness (QED) is 0.264. The van der Waals surface area contributed by atoms with Gasteiger partial charge in [-0.1, -0.05) is 19.1 Å². The maximum atomic E-state index is 13.1. The number of aromatic nitrogens is 1. The van der Waals surface area contributed by atoms with E-state index in [9.17, 15) is 4.39 Å². The van der Waals surface area contributed by atoms with Crippen LogP contribution < -0.4 is 10.6 Å². The van der Waals surface area contributed by atoms with Crippen LogP contribution in [-0.4, -0.2) is 31.1 Å². The molecule has 4 nitrogen and oxygen atoms in total. The molecule has 0 unspecified atom stereocenters. The van der Waals surface area contributed by atoms with Crippen molar-refractivity contribution < 1.29 is 4.39 Å². The van der Waals surface area contributed by atoms with E-state index in [2.05, 4.69) is 27.5 Å². The van der Waals surface area contributed by atoms with Gasteiger partial charge < -0.3 is 10.6 Å². The van der Waals surface area contributed by atoms with Crippen molar-refractivity contribution in [1.29, 1.82) is 0 Å². The maximum Gasteiger partial charge on any atom is 0.190 e. The summed E-state index contributed by atoms with van der Waals surface area (Å²) in [6, 6.07) is 6.76. The van der Waals surface area contributed by atoms with Crippen LogP contribution in [0.5, 0.6) is 0 Å². The predicted molar refractivity (Wildman–Crippen MR) is 115 cm³/mol. The molecule has 1 aromatic heterocycles. The van der Waals surface area contributed by atoms with Gasteiger partial charge in [-0.25, -0.2) is 9.37 Å². The number of hydrogen-bond acceptors (Lipinski definition) is 3. The molecular formula is C18H26FIN4S. The van der Waals surface area contributed by atoms with Crippen LogP contribution in [0.15, 0.2) is 35.5 Å². The first-order valence-corrected chi connectivity index (χ1v) is 9.15. The van der Waals surface area contributed by atoms with Gasteiger partial charge in [0.15, 0.2) is 5.96 Å². The van der Waals surface area contributed by atoms with E-state index < -0.39 is 0 Å². The van der Waals surface area contributed by atoms with Crippen molar-refractivity contribution in [3.05, 3.63) is 51.7 Å².